The highest BCUT2D eigenvalue weighted by atomic mass is 35.5. The molecule has 9 heteroatoms. The van der Waals surface area contributed by atoms with Crippen LogP contribution < -0.4 is 9.62 Å². The fourth-order valence-corrected chi connectivity index (χ4v) is 4.97. The number of carbonyl (C=O) groups excluding carboxylic acids is 2. The molecule has 1 aliphatic rings. The van der Waals surface area contributed by atoms with Crippen LogP contribution in [-0.2, 0) is 25.4 Å². The molecule has 0 atom stereocenters. The predicted octanol–water partition coefficient (Wildman–Crippen LogP) is 3.21. The van der Waals surface area contributed by atoms with Crippen LogP contribution >= 0.6 is 23.4 Å². The van der Waals surface area contributed by atoms with Gasteiger partial charge in [0.1, 0.15) is 0 Å². The van der Waals surface area contributed by atoms with Crippen LogP contribution in [0.2, 0.25) is 5.02 Å². The highest BCUT2D eigenvalue weighted by Gasteiger charge is 2.30. The van der Waals surface area contributed by atoms with Gasteiger partial charge in [0.25, 0.3) is 0 Å². The van der Waals surface area contributed by atoms with E-state index >= 15 is 0 Å². The molecule has 0 unspecified atom stereocenters. The van der Waals surface area contributed by atoms with Crippen molar-refractivity contribution in [2.45, 2.75) is 23.5 Å². The van der Waals surface area contributed by atoms with Crippen LogP contribution in [0.15, 0.2) is 53.4 Å². The Morgan fingerprint density at radius 2 is 1.71 bits per heavy atom. The van der Waals surface area contributed by atoms with E-state index in [1.54, 1.807) is 11.8 Å². The Balaban J connectivity index is 1.51. The number of sulfonamides is 1. The third-order valence-electron chi connectivity index (χ3n) is 4.15. The van der Waals surface area contributed by atoms with Crippen molar-refractivity contribution in [3.8, 4) is 0 Å². The van der Waals surface area contributed by atoms with E-state index in [-0.39, 0.29) is 29.6 Å². The Kier molecular flexibility index (Phi) is 6.77. The van der Waals surface area contributed by atoms with Crippen LogP contribution in [0, 0.1) is 0 Å². The summed E-state index contributed by atoms with van der Waals surface area (Å²) in [6.45, 7) is 0.290. The highest BCUT2D eigenvalue weighted by molar-refractivity contribution is 7.98. The van der Waals surface area contributed by atoms with Crippen LogP contribution in [0.3, 0.4) is 0 Å². The summed E-state index contributed by atoms with van der Waals surface area (Å²) in [5, 5.41) is 0.680. The summed E-state index contributed by atoms with van der Waals surface area (Å²) in [4.78, 5) is 24.7. The molecule has 1 N–H and O–H groups in total. The number of rotatable bonds is 8. The second-order valence-corrected chi connectivity index (χ2v) is 9.51. The highest BCUT2D eigenvalue weighted by Crippen LogP contribution is 2.24. The van der Waals surface area contributed by atoms with Gasteiger partial charge < -0.3 is 0 Å². The first-order valence-corrected chi connectivity index (χ1v) is 11.7. The lowest BCUT2D eigenvalue weighted by atomic mass is 10.2. The monoisotopic (exact) mass is 438 g/mol. The number of carbonyl (C=O) groups is 2. The van der Waals surface area contributed by atoms with Crippen LogP contribution in [0.25, 0.3) is 0 Å². The summed E-state index contributed by atoms with van der Waals surface area (Å²) in [6.07, 6.45) is 0.376. The van der Waals surface area contributed by atoms with E-state index in [0.717, 1.165) is 16.2 Å². The summed E-state index contributed by atoms with van der Waals surface area (Å²) in [7, 11) is -3.65. The van der Waals surface area contributed by atoms with Gasteiger partial charge in [0, 0.05) is 35.9 Å². The first-order valence-electron chi connectivity index (χ1n) is 8.64. The smallest absolute Gasteiger partial charge is 0.240 e. The van der Waals surface area contributed by atoms with Gasteiger partial charge in [-0.25, -0.2) is 13.1 Å². The molecule has 6 nitrogen and oxygen atoms in total. The average Bonchev–Trinajstić information content (AvgIpc) is 3.00. The van der Waals surface area contributed by atoms with Gasteiger partial charge >= 0.3 is 0 Å². The van der Waals surface area contributed by atoms with Crippen LogP contribution in [0.5, 0.6) is 0 Å². The zero-order valence-electron chi connectivity index (χ0n) is 14.9. The van der Waals surface area contributed by atoms with E-state index in [4.69, 9.17) is 11.6 Å². The Morgan fingerprint density at radius 1 is 1.04 bits per heavy atom. The minimum absolute atomic E-state index is 0.0928. The van der Waals surface area contributed by atoms with Crippen LogP contribution in [0.1, 0.15) is 18.4 Å². The number of hydrogen-bond acceptors (Lipinski definition) is 5. The van der Waals surface area contributed by atoms with Gasteiger partial charge in [0.2, 0.25) is 21.8 Å². The van der Waals surface area contributed by atoms with Crippen molar-refractivity contribution in [1.29, 1.82) is 0 Å². The minimum Gasteiger partial charge on any atom is -0.274 e. The van der Waals surface area contributed by atoms with E-state index < -0.39 is 10.0 Å². The lowest BCUT2D eigenvalue weighted by molar-refractivity contribution is -0.121. The average molecular weight is 439 g/mol. The summed E-state index contributed by atoms with van der Waals surface area (Å²) in [5.74, 6) is 0.820. The molecule has 28 heavy (non-hydrogen) atoms. The molecule has 1 saturated heterocycles. The van der Waals surface area contributed by atoms with Crippen molar-refractivity contribution >= 4 is 50.9 Å². The minimum atomic E-state index is -3.65. The summed E-state index contributed by atoms with van der Waals surface area (Å²) in [6, 6.07) is 13.3. The number of anilines is 1. The molecule has 0 spiro atoms. The third-order valence-corrected chi connectivity index (χ3v) is 6.90. The molecule has 2 amide bonds. The molecule has 0 saturated carbocycles. The lowest BCUT2D eigenvalue weighted by Crippen LogP contribution is -2.29. The van der Waals surface area contributed by atoms with Crippen molar-refractivity contribution in [2.24, 2.45) is 0 Å². The van der Waals surface area contributed by atoms with Crippen LogP contribution in [0.4, 0.5) is 5.69 Å². The first-order chi connectivity index (χ1) is 13.4. The standard InChI is InChI=1S/C19H19ClN2O4S2/c20-15-3-1-2-14(12-15)13-27-11-10-21-28(25,26)17-6-4-16(5-7-17)22-18(23)8-9-19(22)24/h1-7,12,21H,8-11,13H2. The quantitative estimate of drug-likeness (QED) is 0.505. The van der Waals surface area contributed by atoms with Crippen molar-refractivity contribution in [3.05, 3.63) is 59.1 Å². The number of amides is 2. The van der Waals surface area contributed by atoms with E-state index in [1.165, 1.54) is 24.3 Å². The maximum absolute atomic E-state index is 12.4. The molecule has 0 radical (unpaired) electrons. The zero-order chi connectivity index (χ0) is 20.1. The summed E-state index contributed by atoms with van der Waals surface area (Å²) < 4.78 is 27.3. The molecular formula is C19H19ClN2O4S2. The van der Waals surface area contributed by atoms with Gasteiger partial charge in [0.05, 0.1) is 10.6 Å². The molecule has 1 fully saturated rings. The van der Waals surface area contributed by atoms with Gasteiger partial charge in [-0.3, -0.25) is 14.5 Å². The van der Waals surface area contributed by atoms with Crippen molar-refractivity contribution in [3.63, 3.8) is 0 Å². The molecule has 0 bridgehead atoms. The molecular weight excluding hydrogens is 420 g/mol. The fraction of sp³-hybridized carbons (Fsp3) is 0.263. The normalized spacial score (nSPS) is 14.7. The van der Waals surface area contributed by atoms with Gasteiger partial charge in [-0.15, -0.1) is 0 Å². The van der Waals surface area contributed by atoms with Gasteiger partial charge in [-0.05, 0) is 42.0 Å². The van der Waals surface area contributed by atoms with Crippen molar-refractivity contribution in [2.75, 3.05) is 17.2 Å². The SMILES string of the molecule is O=C1CCC(=O)N1c1ccc(S(=O)(=O)NCCSCc2cccc(Cl)c2)cc1. The second-order valence-electron chi connectivity index (χ2n) is 6.20. The first kappa shape index (κ1) is 20.9. The molecule has 1 aliphatic heterocycles. The third kappa shape index (κ3) is 5.14. The topological polar surface area (TPSA) is 83.6 Å². The van der Waals surface area contributed by atoms with Gasteiger partial charge in [0.15, 0.2) is 0 Å². The Hall–Kier alpha value is -1.87. The Labute approximate surface area is 173 Å². The largest absolute Gasteiger partial charge is 0.274 e. The van der Waals surface area contributed by atoms with Gasteiger partial charge in [-0.1, -0.05) is 23.7 Å². The molecule has 2 aromatic carbocycles. The molecule has 0 aliphatic carbocycles. The van der Waals surface area contributed by atoms with Crippen molar-refractivity contribution in [1.82, 2.24) is 4.72 Å². The van der Waals surface area contributed by atoms with E-state index in [1.807, 2.05) is 24.3 Å². The molecule has 0 aromatic heterocycles. The number of nitrogens with one attached hydrogen (secondary N) is 1. The lowest BCUT2D eigenvalue weighted by Gasteiger charge is -2.14. The number of nitrogens with zero attached hydrogens (tertiary/aromatic N) is 1. The van der Waals surface area contributed by atoms with Crippen molar-refractivity contribution < 1.29 is 18.0 Å². The maximum Gasteiger partial charge on any atom is 0.240 e. The van der Waals surface area contributed by atoms with E-state index in [0.29, 0.717) is 23.0 Å². The maximum atomic E-state index is 12.4. The zero-order valence-corrected chi connectivity index (χ0v) is 17.3. The number of halogens is 1. The summed E-state index contributed by atoms with van der Waals surface area (Å²) in [5.41, 5.74) is 1.48. The number of imide groups is 1. The molecule has 2 aromatic rings. The fourth-order valence-electron chi connectivity index (χ4n) is 2.79. The number of benzene rings is 2. The molecule has 1 heterocycles. The van der Waals surface area contributed by atoms with E-state index in [2.05, 4.69) is 4.72 Å². The van der Waals surface area contributed by atoms with E-state index in [9.17, 15) is 18.0 Å². The number of hydrogen-bond donors (Lipinski definition) is 1. The van der Waals surface area contributed by atoms with Crippen LogP contribution in [-0.4, -0.2) is 32.5 Å². The predicted molar refractivity (Wildman–Crippen MR) is 111 cm³/mol. The molecule has 3 rings (SSSR count). The Morgan fingerprint density at radius 3 is 2.36 bits per heavy atom. The van der Waals surface area contributed by atoms with Gasteiger partial charge in [-0.2, -0.15) is 11.8 Å². The summed E-state index contributed by atoms with van der Waals surface area (Å²) >= 11 is 7.54. The Bertz CT molecular complexity index is 962. The molecule has 148 valence electrons. The second kappa shape index (κ2) is 9.09. The number of thioether (sulfide) groups is 1.